The highest BCUT2D eigenvalue weighted by Crippen LogP contribution is 2.27. The van der Waals surface area contributed by atoms with Gasteiger partial charge in [-0.3, -0.25) is 4.79 Å². The Bertz CT molecular complexity index is 380. The van der Waals surface area contributed by atoms with Crippen molar-refractivity contribution in [1.82, 2.24) is 0 Å². The SMILES string of the molecule is CCOc1cc(C=C(C)C=O)ccc1O. The van der Waals surface area contributed by atoms with Crippen LogP contribution in [0, 0.1) is 0 Å². The molecule has 0 heterocycles. The van der Waals surface area contributed by atoms with Gasteiger partial charge in [0.2, 0.25) is 0 Å². The zero-order chi connectivity index (χ0) is 11.3. The molecule has 0 radical (unpaired) electrons. The third-order valence-corrected chi connectivity index (χ3v) is 1.86. The van der Waals surface area contributed by atoms with Gasteiger partial charge in [0, 0.05) is 0 Å². The molecule has 15 heavy (non-hydrogen) atoms. The lowest BCUT2D eigenvalue weighted by atomic mass is 10.1. The van der Waals surface area contributed by atoms with Crippen LogP contribution in [0.15, 0.2) is 23.8 Å². The predicted molar refractivity (Wildman–Crippen MR) is 59.0 cm³/mol. The molecular weight excluding hydrogens is 192 g/mol. The van der Waals surface area contributed by atoms with E-state index in [2.05, 4.69) is 0 Å². The van der Waals surface area contributed by atoms with Crippen LogP contribution in [0.5, 0.6) is 11.5 Å². The lowest BCUT2D eigenvalue weighted by molar-refractivity contribution is -0.104. The van der Waals surface area contributed by atoms with Crippen molar-refractivity contribution in [2.45, 2.75) is 13.8 Å². The van der Waals surface area contributed by atoms with Gasteiger partial charge in [0.1, 0.15) is 6.29 Å². The molecule has 0 aromatic heterocycles. The number of aromatic hydroxyl groups is 1. The minimum absolute atomic E-state index is 0.109. The summed E-state index contributed by atoms with van der Waals surface area (Å²) < 4.78 is 5.22. The van der Waals surface area contributed by atoms with Gasteiger partial charge in [0.05, 0.1) is 6.61 Å². The fourth-order valence-electron chi connectivity index (χ4n) is 1.19. The molecule has 0 aliphatic heterocycles. The van der Waals surface area contributed by atoms with Crippen LogP contribution in [-0.2, 0) is 4.79 Å². The highest BCUT2D eigenvalue weighted by molar-refractivity contribution is 5.81. The molecule has 3 nitrogen and oxygen atoms in total. The van der Waals surface area contributed by atoms with Crippen molar-refractivity contribution in [3.63, 3.8) is 0 Å². The van der Waals surface area contributed by atoms with Crippen molar-refractivity contribution >= 4 is 12.4 Å². The first kappa shape index (κ1) is 11.3. The second-order valence-electron chi connectivity index (χ2n) is 3.17. The number of aldehydes is 1. The fraction of sp³-hybridized carbons (Fsp3) is 0.250. The Balaban J connectivity index is 3.01. The summed E-state index contributed by atoms with van der Waals surface area (Å²) in [5.74, 6) is 0.544. The second-order valence-corrected chi connectivity index (χ2v) is 3.17. The van der Waals surface area contributed by atoms with E-state index in [-0.39, 0.29) is 5.75 Å². The van der Waals surface area contributed by atoms with Crippen LogP contribution in [0.25, 0.3) is 6.08 Å². The minimum Gasteiger partial charge on any atom is -0.504 e. The standard InChI is InChI=1S/C12H14O3/c1-3-15-12-7-10(4-5-11(12)14)6-9(2)8-13/h4-8,14H,3H2,1-2H3. The molecule has 1 aromatic rings. The van der Waals surface area contributed by atoms with E-state index in [0.717, 1.165) is 11.8 Å². The van der Waals surface area contributed by atoms with Crippen LogP contribution in [0.3, 0.4) is 0 Å². The van der Waals surface area contributed by atoms with Gasteiger partial charge >= 0.3 is 0 Å². The summed E-state index contributed by atoms with van der Waals surface area (Å²) in [6, 6.07) is 4.98. The van der Waals surface area contributed by atoms with E-state index in [1.165, 1.54) is 0 Å². The van der Waals surface area contributed by atoms with E-state index in [4.69, 9.17) is 4.74 Å². The zero-order valence-corrected chi connectivity index (χ0v) is 8.86. The van der Waals surface area contributed by atoms with Crippen molar-refractivity contribution in [2.24, 2.45) is 0 Å². The van der Waals surface area contributed by atoms with Gasteiger partial charge in [-0.05, 0) is 43.2 Å². The summed E-state index contributed by atoms with van der Waals surface area (Å²) >= 11 is 0. The smallest absolute Gasteiger partial charge is 0.161 e. The van der Waals surface area contributed by atoms with E-state index in [0.29, 0.717) is 17.9 Å². The quantitative estimate of drug-likeness (QED) is 0.607. The van der Waals surface area contributed by atoms with Gasteiger partial charge in [-0.2, -0.15) is 0 Å². The lowest BCUT2D eigenvalue weighted by Crippen LogP contribution is -1.92. The van der Waals surface area contributed by atoms with E-state index in [1.807, 2.05) is 6.92 Å². The van der Waals surface area contributed by atoms with Crippen LogP contribution in [-0.4, -0.2) is 18.0 Å². The minimum atomic E-state index is 0.109. The molecule has 0 aliphatic rings. The molecule has 0 unspecified atom stereocenters. The highest BCUT2D eigenvalue weighted by atomic mass is 16.5. The normalized spacial score (nSPS) is 11.2. The number of benzene rings is 1. The summed E-state index contributed by atoms with van der Waals surface area (Å²) in [7, 11) is 0. The van der Waals surface area contributed by atoms with Crippen LogP contribution in [0.1, 0.15) is 19.4 Å². The third kappa shape index (κ3) is 3.13. The molecule has 0 atom stereocenters. The van der Waals surface area contributed by atoms with E-state index in [1.54, 1.807) is 31.2 Å². The number of carbonyl (C=O) groups is 1. The number of ether oxygens (including phenoxy) is 1. The molecule has 0 saturated carbocycles. The Kier molecular flexibility index (Phi) is 3.92. The number of hydrogen-bond acceptors (Lipinski definition) is 3. The number of phenols is 1. The van der Waals surface area contributed by atoms with Gasteiger partial charge in [-0.25, -0.2) is 0 Å². The van der Waals surface area contributed by atoms with Gasteiger partial charge in [-0.1, -0.05) is 6.07 Å². The fourth-order valence-corrected chi connectivity index (χ4v) is 1.19. The number of rotatable bonds is 4. The molecule has 0 fully saturated rings. The lowest BCUT2D eigenvalue weighted by Gasteiger charge is -2.06. The van der Waals surface area contributed by atoms with Crippen molar-refractivity contribution in [3.8, 4) is 11.5 Å². The molecule has 80 valence electrons. The number of phenolic OH excluding ortho intramolecular Hbond substituents is 1. The van der Waals surface area contributed by atoms with Crippen molar-refractivity contribution in [3.05, 3.63) is 29.3 Å². The maximum atomic E-state index is 10.4. The summed E-state index contributed by atoms with van der Waals surface area (Å²) in [5, 5.41) is 9.44. The highest BCUT2D eigenvalue weighted by Gasteiger charge is 2.01. The molecule has 0 amide bonds. The first-order valence-electron chi connectivity index (χ1n) is 4.76. The molecule has 1 aromatic carbocycles. The summed E-state index contributed by atoms with van der Waals surface area (Å²) in [5.41, 5.74) is 1.46. The Morgan fingerprint density at radius 1 is 1.53 bits per heavy atom. The first-order valence-corrected chi connectivity index (χ1v) is 4.76. The molecule has 0 aliphatic carbocycles. The van der Waals surface area contributed by atoms with Crippen LogP contribution in [0.4, 0.5) is 0 Å². The summed E-state index contributed by atoms with van der Waals surface area (Å²) in [6.07, 6.45) is 2.52. The summed E-state index contributed by atoms with van der Waals surface area (Å²) in [6.45, 7) is 4.06. The molecule has 0 spiro atoms. The van der Waals surface area contributed by atoms with Crippen molar-refractivity contribution in [2.75, 3.05) is 6.61 Å². The number of hydrogen-bond donors (Lipinski definition) is 1. The molecule has 1 N–H and O–H groups in total. The summed E-state index contributed by atoms with van der Waals surface area (Å²) in [4.78, 5) is 10.4. The maximum absolute atomic E-state index is 10.4. The van der Waals surface area contributed by atoms with Crippen molar-refractivity contribution < 1.29 is 14.6 Å². The third-order valence-electron chi connectivity index (χ3n) is 1.86. The monoisotopic (exact) mass is 206 g/mol. The largest absolute Gasteiger partial charge is 0.504 e. The Hall–Kier alpha value is -1.77. The van der Waals surface area contributed by atoms with Crippen LogP contribution in [0.2, 0.25) is 0 Å². The van der Waals surface area contributed by atoms with E-state index in [9.17, 15) is 9.90 Å². The molecule has 1 rings (SSSR count). The number of allylic oxidation sites excluding steroid dienone is 1. The van der Waals surface area contributed by atoms with Gasteiger partial charge < -0.3 is 9.84 Å². The zero-order valence-electron chi connectivity index (χ0n) is 8.86. The molecule has 0 saturated heterocycles. The Morgan fingerprint density at radius 2 is 2.27 bits per heavy atom. The van der Waals surface area contributed by atoms with Gasteiger partial charge in [-0.15, -0.1) is 0 Å². The predicted octanol–water partition coefficient (Wildman–Crippen LogP) is 2.39. The first-order chi connectivity index (χ1) is 7.17. The van der Waals surface area contributed by atoms with Crippen molar-refractivity contribution in [1.29, 1.82) is 0 Å². The van der Waals surface area contributed by atoms with Crippen LogP contribution >= 0.6 is 0 Å². The van der Waals surface area contributed by atoms with E-state index < -0.39 is 0 Å². The molecular formula is C12H14O3. The Labute approximate surface area is 89.0 Å². The maximum Gasteiger partial charge on any atom is 0.161 e. The number of carbonyl (C=O) groups excluding carboxylic acids is 1. The Morgan fingerprint density at radius 3 is 2.87 bits per heavy atom. The van der Waals surface area contributed by atoms with Crippen LogP contribution < -0.4 is 4.74 Å². The molecule has 3 heteroatoms. The van der Waals surface area contributed by atoms with E-state index >= 15 is 0 Å². The average molecular weight is 206 g/mol. The topological polar surface area (TPSA) is 46.5 Å². The van der Waals surface area contributed by atoms with Gasteiger partial charge in [0.15, 0.2) is 11.5 Å². The molecule has 0 bridgehead atoms. The average Bonchev–Trinajstić information content (AvgIpc) is 2.23. The second kappa shape index (κ2) is 5.20. The van der Waals surface area contributed by atoms with Gasteiger partial charge in [0.25, 0.3) is 0 Å².